The fraction of sp³-hybridized carbons (Fsp3) is 0.929. The highest BCUT2D eigenvalue weighted by Crippen LogP contribution is 2.42. The first kappa shape index (κ1) is 14.6. The Bertz CT molecular complexity index is 312. The molecule has 1 atom stereocenters. The lowest BCUT2D eigenvalue weighted by Crippen LogP contribution is -2.51. The van der Waals surface area contributed by atoms with Gasteiger partial charge in [0.25, 0.3) is 0 Å². The molecule has 2 heterocycles. The van der Waals surface area contributed by atoms with Crippen molar-refractivity contribution < 1.29 is 14.3 Å². The Balaban J connectivity index is 1.92. The average Bonchev–Trinajstić information content (AvgIpc) is 2.79. The van der Waals surface area contributed by atoms with E-state index in [-0.39, 0.29) is 11.6 Å². The van der Waals surface area contributed by atoms with Gasteiger partial charge in [0.1, 0.15) is 0 Å². The van der Waals surface area contributed by atoms with Gasteiger partial charge in [0.05, 0.1) is 5.60 Å². The maximum Gasteiger partial charge on any atom is 0.319 e. The van der Waals surface area contributed by atoms with Gasteiger partial charge in [-0.25, -0.2) is 4.79 Å². The Morgan fingerprint density at radius 3 is 2.68 bits per heavy atom. The summed E-state index contributed by atoms with van der Waals surface area (Å²) in [5, 5.41) is 0. The quantitative estimate of drug-likeness (QED) is 0.782. The molecule has 0 aromatic heterocycles. The van der Waals surface area contributed by atoms with Crippen LogP contribution in [0.5, 0.6) is 0 Å². The molecule has 5 nitrogen and oxygen atoms in total. The standard InChI is InChI=1S/C14H26N2O3/c1-15(2)13(17)16-8-6-14(7-9-16)12(4-10-18-3)5-11-19-14/h12H,4-11H2,1-3H3. The summed E-state index contributed by atoms with van der Waals surface area (Å²) in [7, 11) is 5.36. The van der Waals surface area contributed by atoms with E-state index in [0.29, 0.717) is 5.92 Å². The number of amides is 2. The molecule has 0 aliphatic carbocycles. The third-order valence-electron chi connectivity index (χ3n) is 4.53. The van der Waals surface area contributed by atoms with Crippen LogP contribution in [0.2, 0.25) is 0 Å². The molecule has 2 amide bonds. The Labute approximate surface area is 115 Å². The molecule has 2 rings (SSSR count). The van der Waals surface area contributed by atoms with Crippen LogP contribution in [0.3, 0.4) is 0 Å². The molecule has 0 radical (unpaired) electrons. The molecule has 0 aromatic rings. The largest absolute Gasteiger partial charge is 0.385 e. The van der Waals surface area contributed by atoms with E-state index in [1.54, 1.807) is 26.1 Å². The number of likely N-dealkylation sites (tertiary alicyclic amines) is 1. The monoisotopic (exact) mass is 270 g/mol. The first-order valence-corrected chi connectivity index (χ1v) is 7.18. The van der Waals surface area contributed by atoms with Gasteiger partial charge in [-0.05, 0) is 31.6 Å². The lowest BCUT2D eigenvalue weighted by molar-refractivity contribution is -0.0656. The number of nitrogens with zero attached hydrogens (tertiary/aromatic N) is 2. The molecule has 2 aliphatic heterocycles. The van der Waals surface area contributed by atoms with Crippen LogP contribution in [0.25, 0.3) is 0 Å². The van der Waals surface area contributed by atoms with Crippen molar-refractivity contribution in [1.82, 2.24) is 9.80 Å². The van der Waals surface area contributed by atoms with Gasteiger partial charge in [-0.1, -0.05) is 0 Å². The molecular formula is C14H26N2O3. The number of hydrogen-bond acceptors (Lipinski definition) is 3. The van der Waals surface area contributed by atoms with E-state index in [1.165, 1.54) is 0 Å². The second-order valence-electron chi connectivity index (χ2n) is 5.84. The van der Waals surface area contributed by atoms with Crippen LogP contribution in [0, 0.1) is 5.92 Å². The van der Waals surface area contributed by atoms with E-state index in [9.17, 15) is 4.79 Å². The second kappa shape index (κ2) is 6.09. The van der Waals surface area contributed by atoms with Crippen LogP contribution in [-0.4, -0.2) is 68.9 Å². The van der Waals surface area contributed by atoms with Gasteiger partial charge >= 0.3 is 6.03 Å². The summed E-state index contributed by atoms with van der Waals surface area (Å²) in [6.45, 7) is 3.27. The molecule has 19 heavy (non-hydrogen) atoms. The highest BCUT2D eigenvalue weighted by molar-refractivity contribution is 5.73. The van der Waals surface area contributed by atoms with Crippen LogP contribution < -0.4 is 0 Å². The van der Waals surface area contributed by atoms with Gasteiger partial charge in [0.15, 0.2) is 0 Å². The van der Waals surface area contributed by atoms with Gasteiger partial charge in [-0.3, -0.25) is 0 Å². The molecule has 2 aliphatic rings. The zero-order valence-electron chi connectivity index (χ0n) is 12.4. The summed E-state index contributed by atoms with van der Waals surface area (Å²) >= 11 is 0. The fourth-order valence-corrected chi connectivity index (χ4v) is 3.36. The first-order valence-electron chi connectivity index (χ1n) is 7.18. The maximum absolute atomic E-state index is 11.9. The van der Waals surface area contributed by atoms with Crippen LogP contribution in [0.15, 0.2) is 0 Å². The van der Waals surface area contributed by atoms with E-state index in [1.807, 2.05) is 4.90 Å². The van der Waals surface area contributed by atoms with Gasteiger partial charge in [0, 0.05) is 47.5 Å². The SMILES string of the molecule is COCCC1CCOC12CCN(C(=O)N(C)C)CC2. The molecule has 2 saturated heterocycles. The second-order valence-corrected chi connectivity index (χ2v) is 5.84. The number of carbonyl (C=O) groups excluding carboxylic acids is 1. The van der Waals surface area contributed by atoms with Crippen molar-refractivity contribution >= 4 is 6.03 Å². The summed E-state index contributed by atoms with van der Waals surface area (Å²) in [4.78, 5) is 15.5. The molecule has 1 spiro atoms. The van der Waals surface area contributed by atoms with Crippen LogP contribution in [-0.2, 0) is 9.47 Å². The molecule has 2 fully saturated rings. The van der Waals surface area contributed by atoms with Gasteiger partial charge in [0.2, 0.25) is 0 Å². The van der Waals surface area contributed by atoms with Crippen molar-refractivity contribution in [3.05, 3.63) is 0 Å². The maximum atomic E-state index is 11.9. The zero-order chi connectivity index (χ0) is 13.9. The summed E-state index contributed by atoms with van der Waals surface area (Å²) in [6, 6.07) is 0.112. The Morgan fingerprint density at radius 2 is 2.11 bits per heavy atom. The predicted molar refractivity (Wildman–Crippen MR) is 73.2 cm³/mol. The predicted octanol–water partition coefficient (Wildman–Crippen LogP) is 1.58. The lowest BCUT2D eigenvalue weighted by Gasteiger charge is -2.42. The third kappa shape index (κ3) is 3.03. The number of carbonyl (C=O) groups is 1. The molecule has 1 unspecified atom stereocenters. The van der Waals surface area contributed by atoms with Crippen molar-refractivity contribution in [2.24, 2.45) is 5.92 Å². The highest BCUT2D eigenvalue weighted by Gasteiger charge is 2.46. The molecule has 5 heteroatoms. The minimum absolute atomic E-state index is 0.00161. The smallest absolute Gasteiger partial charge is 0.319 e. The summed E-state index contributed by atoms with van der Waals surface area (Å²) < 4.78 is 11.3. The minimum atomic E-state index is 0.00161. The Hall–Kier alpha value is -0.810. The van der Waals surface area contributed by atoms with Crippen molar-refractivity contribution in [3.8, 4) is 0 Å². The molecule has 0 N–H and O–H groups in total. The van der Waals surface area contributed by atoms with E-state index in [0.717, 1.165) is 52.0 Å². The van der Waals surface area contributed by atoms with Crippen molar-refractivity contribution in [1.29, 1.82) is 0 Å². The number of rotatable bonds is 3. The van der Waals surface area contributed by atoms with E-state index < -0.39 is 0 Å². The molecular weight excluding hydrogens is 244 g/mol. The molecule has 0 saturated carbocycles. The molecule has 0 bridgehead atoms. The number of piperidine rings is 1. The van der Waals surface area contributed by atoms with E-state index >= 15 is 0 Å². The van der Waals surface area contributed by atoms with Crippen LogP contribution in [0.4, 0.5) is 4.79 Å². The average molecular weight is 270 g/mol. The lowest BCUT2D eigenvalue weighted by atomic mass is 9.78. The number of ether oxygens (including phenoxy) is 2. The molecule has 110 valence electrons. The topological polar surface area (TPSA) is 42.0 Å². The summed E-state index contributed by atoms with van der Waals surface area (Å²) in [5.74, 6) is 0.587. The normalized spacial score (nSPS) is 25.8. The Kier molecular flexibility index (Phi) is 4.68. The third-order valence-corrected chi connectivity index (χ3v) is 4.53. The Morgan fingerprint density at radius 1 is 1.42 bits per heavy atom. The van der Waals surface area contributed by atoms with E-state index in [2.05, 4.69) is 0 Å². The number of methoxy groups -OCH3 is 1. The summed E-state index contributed by atoms with van der Waals surface area (Å²) in [6.07, 6.45) is 4.12. The van der Waals surface area contributed by atoms with Gasteiger partial charge in [-0.2, -0.15) is 0 Å². The van der Waals surface area contributed by atoms with E-state index in [4.69, 9.17) is 9.47 Å². The van der Waals surface area contributed by atoms with Crippen LogP contribution >= 0.6 is 0 Å². The zero-order valence-corrected chi connectivity index (χ0v) is 12.4. The van der Waals surface area contributed by atoms with Crippen LogP contribution in [0.1, 0.15) is 25.7 Å². The summed E-state index contributed by atoms with van der Waals surface area (Å²) in [5.41, 5.74) is 0.00161. The van der Waals surface area contributed by atoms with Crippen molar-refractivity contribution in [2.45, 2.75) is 31.3 Å². The minimum Gasteiger partial charge on any atom is -0.385 e. The fourth-order valence-electron chi connectivity index (χ4n) is 3.36. The van der Waals surface area contributed by atoms with Crippen molar-refractivity contribution in [2.75, 3.05) is 47.5 Å². The molecule has 0 aromatic carbocycles. The first-order chi connectivity index (χ1) is 9.09. The van der Waals surface area contributed by atoms with Gasteiger partial charge < -0.3 is 19.3 Å². The number of urea groups is 1. The van der Waals surface area contributed by atoms with Crippen molar-refractivity contribution in [3.63, 3.8) is 0 Å². The number of hydrogen-bond donors (Lipinski definition) is 0. The highest BCUT2D eigenvalue weighted by atomic mass is 16.5. The van der Waals surface area contributed by atoms with Gasteiger partial charge in [-0.15, -0.1) is 0 Å².